The molecule has 4 nitrogen and oxygen atoms in total. The minimum absolute atomic E-state index is 0.152. The highest BCUT2D eigenvalue weighted by Crippen LogP contribution is 2.28. The average Bonchev–Trinajstić information content (AvgIpc) is 2.38. The van der Waals surface area contributed by atoms with Crippen LogP contribution < -0.4 is 10.1 Å². The van der Waals surface area contributed by atoms with Gasteiger partial charge in [-0.25, -0.2) is 0 Å². The number of rotatable bonds is 5. The van der Waals surface area contributed by atoms with Crippen LogP contribution in [0.5, 0.6) is 5.75 Å². The molecule has 1 saturated heterocycles. The first-order chi connectivity index (χ1) is 9.60. The molecule has 2 rings (SSSR count). The Morgan fingerprint density at radius 3 is 3.00 bits per heavy atom. The summed E-state index contributed by atoms with van der Waals surface area (Å²) < 4.78 is 12.9. The van der Waals surface area contributed by atoms with Crippen molar-refractivity contribution in [3.63, 3.8) is 0 Å². The third-order valence-corrected chi connectivity index (χ3v) is 3.90. The molecule has 5 heteroatoms. The molecule has 0 saturated carbocycles. The van der Waals surface area contributed by atoms with Gasteiger partial charge in [0.05, 0.1) is 6.61 Å². The van der Waals surface area contributed by atoms with E-state index in [4.69, 9.17) is 9.47 Å². The summed E-state index contributed by atoms with van der Waals surface area (Å²) in [5.74, 6) is 0.972. The van der Waals surface area contributed by atoms with Gasteiger partial charge in [0.15, 0.2) is 0 Å². The molecule has 20 heavy (non-hydrogen) atoms. The number of hydrogen-bond donors (Lipinski definition) is 1. The maximum atomic E-state index is 6.05. The van der Waals surface area contributed by atoms with E-state index in [1.165, 1.54) is 5.56 Å². The third-order valence-electron chi connectivity index (χ3n) is 3.44. The first-order valence-electron chi connectivity index (χ1n) is 6.96. The number of ether oxygens (including phenoxy) is 2. The monoisotopic (exact) mass is 342 g/mol. The van der Waals surface area contributed by atoms with Crippen LogP contribution in [0.2, 0.25) is 0 Å². The van der Waals surface area contributed by atoms with Crippen LogP contribution in [-0.4, -0.2) is 51.4 Å². The van der Waals surface area contributed by atoms with E-state index in [1.54, 1.807) is 0 Å². The maximum absolute atomic E-state index is 6.05. The number of likely N-dealkylation sites (N-methyl/N-ethyl adjacent to an activating group) is 1. The van der Waals surface area contributed by atoms with Gasteiger partial charge in [-0.15, -0.1) is 0 Å². The molecule has 0 amide bonds. The minimum Gasteiger partial charge on any atom is -0.490 e. The Balaban J connectivity index is 2.04. The lowest BCUT2D eigenvalue weighted by molar-refractivity contribution is -0.0405. The molecule has 0 aliphatic carbocycles. The Morgan fingerprint density at radius 1 is 1.50 bits per heavy atom. The van der Waals surface area contributed by atoms with E-state index in [0.717, 1.165) is 42.0 Å². The summed E-state index contributed by atoms with van der Waals surface area (Å²) in [4.78, 5) is 2.28. The van der Waals surface area contributed by atoms with Crippen molar-refractivity contribution >= 4 is 15.9 Å². The second kappa shape index (κ2) is 7.41. The van der Waals surface area contributed by atoms with E-state index in [-0.39, 0.29) is 6.10 Å². The predicted molar refractivity (Wildman–Crippen MR) is 84.4 cm³/mol. The van der Waals surface area contributed by atoms with Gasteiger partial charge in [-0.2, -0.15) is 0 Å². The lowest BCUT2D eigenvalue weighted by atomic mass is 10.1. The predicted octanol–water partition coefficient (Wildman–Crippen LogP) is 2.19. The standard InChI is InChI=1S/C15H23BrN2O2/c1-11-6-13(16)7-12(8-17-2)15(11)20-10-14-9-18(3)4-5-19-14/h6-7,14,17H,4-5,8-10H2,1-3H3. The summed E-state index contributed by atoms with van der Waals surface area (Å²) >= 11 is 3.54. The Morgan fingerprint density at radius 2 is 2.30 bits per heavy atom. The molecule has 112 valence electrons. The lowest BCUT2D eigenvalue weighted by Gasteiger charge is -2.30. The quantitative estimate of drug-likeness (QED) is 0.889. The Labute approximate surface area is 129 Å². The van der Waals surface area contributed by atoms with Crippen LogP contribution in [0.15, 0.2) is 16.6 Å². The van der Waals surface area contributed by atoms with Gasteiger partial charge in [0.2, 0.25) is 0 Å². The van der Waals surface area contributed by atoms with E-state index in [0.29, 0.717) is 6.61 Å². The molecule has 1 aliphatic rings. The summed E-state index contributed by atoms with van der Waals surface area (Å²) in [5.41, 5.74) is 2.32. The molecule has 0 bridgehead atoms. The first kappa shape index (κ1) is 15.8. The molecular weight excluding hydrogens is 320 g/mol. The summed E-state index contributed by atoms with van der Waals surface area (Å²) in [6.07, 6.45) is 0.152. The zero-order valence-corrected chi connectivity index (χ0v) is 14.0. The number of halogens is 1. The fourth-order valence-electron chi connectivity index (χ4n) is 2.47. The van der Waals surface area contributed by atoms with Crippen LogP contribution >= 0.6 is 15.9 Å². The van der Waals surface area contributed by atoms with E-state index in [9.17, 15) is 0 Å². The van der Waals surface area contributed by atoms with Crippen molar-refractivity contribution in [3.05, 3.63) is 27.7 Å². The molecule has 1 aromatic carbocycles. The average molecular weight is 343 g/mol. The van der Waals surface area contributed by atoms with Gasteiger partial charge in [0, 0.05) is 29.7 Å². The van der Waals surface area contributed by atoms with Crippen molar-refractivity contribution < 1.29 is 9.47 Å². The molecule has 1 fully saturated rings. The van der Waals surface area contributed by atoms with Crippen molar-refractivity contribution in [2.24, 2.45) is 0 Å². The highest BCUT2D eigenvalue weighted by molar-refractivity contribution is 9.10. The van der Waals surface area contributed by atoms with E-state index < -0.39 is 0 Å². The number of morpholine rings is 1. The van der Waals surface area contributed by atoms with Crippen LogP contribution in [-0.2, 0) is 11.3 Å². The molecule has 0 aromatic heterocycles. The topological polar surface area (TPSA) is 33.7 Å². The highest BCUT2D eigenvalue weighted by Gasteiger charge is 2.19. The van der Waals surface area contributed by atoms with E-state index in [1.807, 2.05) is 7.05 Å². The molecule has 1 atom stereocenters. The zero-order chi connectivity index (χ0) is 14.5. The van der Waals surface area contributed by atoms with E-state index in [2.05, 4.69) is 52.3 Å². The van der Waals surface area contributed by atoms with Crippen LogP contribution in [0.25, 0.3) is 0 Å². The van der Waals surface area contributed by atoms with Crippen LogP contribution in [0.3, 0.4) is 0 Å². The summed E-state index contributed by atoms with van der Waals surface area (Å²) in [5, 5.41) is 3.18. The molecule has 0 radical (unpaired) electrons. The van der Waals surface area contributed by atoms with Gasteiger partial charge >= 0.3 is 0 Å². The SMILES string of the molecule is CNCc1cc(Br)cc(C)c1OCC1CN(C)CCO1. The van der Waals surface area contributed by atoms with Crippen LogP contribution in [0, 0.1) is 6.92 Å². The lowest BCUT2D eigenvalue weighted by Crippen LogP contribution is -2.42. The molecule has 1 aromatic rings. The van der Waals surface area contributed by atoms with Gasteiger partial charge in [0.25, 0.3) is 0 Å². The molecule has 1 heterocycles. The molecule has 0 spiro atoms. The number of nitrogens with zero attached hydrogens (tertiary/aromatic N) is 1. The number of benzene rings is 1. The van der Waals surface area contributed by atoms with E-state index >= 15 is 0 Å². The smallest absolute Gasteiger partial charge is 0.126 e. The van der Waals surface area contributed by atoms with Gasteiger partial charge in [-0.1, -0.05) is 15.9 Å². The second-order valence-corrected chi connectivity index (χ2v) is 6.22. The Hall–Kier alpha value is -0.620. The van der Waals surface area contributed by atoms with Crippen molar-refractivity contribution in [2.75, 3.05) is 40.4 Å². The highest BCUT2D eigenvalue weighted by atomic mass is 79.9. The number of nitrogens with one attached hydrogen (secondary N) is 1. The van der Waals surface area contributed by atoms with Crippen molar-refractivity contribution in [1.82, 2.24) is 10.2 Å². The molecule has 1 N–H and O–H groups in total. The van der Waals surface area contributed by atoms with Crippen LogP contribution in [0.1, 0.15) is 11.1 Å². The second-order valence-electron chi connectivity index (χ2n) is 5.31. The fourth-order valence-corrected chi connectivity index (χ4v) is 3.09. The molecular formula is C15H23BrN2O2. The normalized spacial score (nSPS) is 20.1. The summed E-state index contributed by atoms with van der Waals surface area (Å²) in [6.45, 7) is 6.18. The van der Waals surface area contributed by atoms with Gasteiger partial charge in [-0.05, 0) is 38.7 Å². The summed E-state index contributed by atoms with van der Waals surface area (Å²) in [6, 6.07) is 4.19. The zero-order valence-electron chi connectivity index (χ0n) is 12.4. The Bertz CT molecular complexity index is 454. The van der Waals surface area contributed by atoms with Gasteiger partial charge in [0.1, 0.15) is 18.5 Å². The van der Waals surface area contributed by atoms with Gasteiger partial charge < -0.3 is 19.7 Å². The number of hydrogen-bond acceptors (Lipinski definition) is 4. The molecule has 1 unspecified atom stereocenters. The van der Waals surface area contributed by atoms with Crippen molar-refractivity contribution in [1.29, 1.82) is 0 Å². The minimum atomic E-state index is 0.152. The number of aryl methyl sites for hydroxylation is 1. The van der Waals surface area contributed by atoms with Crippen LogP contribution in [0.4, 0.5) is 0 Å². The van der Waals surface area contributed by atoms with Crippen molar-refractivity contribution in [2.45, 2.75) is 19.6 Å². The summed E-state index contributed by atoms with van der Waals surface area (Å²) in [7, 11) is 4.06. The molecule has 1 aliphatic heterocycles. The fraction of sp³-hybridized carbons (Fsp3) is 0.600. The van der Waals surface area contributed by atoms with Crippen molar-refractivity contribution in [3.8, 4) is 5.75 Å². The first-order valence-corrected chi connectivity index (χ1v) is 7.76. The largest absolute Gasteiger partial charge is 0.490 e. The Kier molecular flexibility index (Phi) is 5.84. The maximum Gasteiger partial charge on any atom is 0.126 e. The third kappa shape index (κ3) is 4.19. The van der Waals surface area contributed by atoms with Gasteiger partial charge in [-0.3, -0.25) is 0 Å².